The average molecular weight is 228 g/mol. The highest BCUT2D eigenvalue weighted by Crippen LogP contribution is 2.25. The molecule has 7 heteroatoms. The highest BCUT2D eigenvalue weighted by Gasteiger charge is 2.18. The number of unbranched alkanes of at least 4 members (excludes halogenated alkanes) is 2. The van der Waals surface area contributed by atoms with Crippen molar-refractivity contribution in [2.75, 3.05) is 6.61 Å². The van der Waals surface area contributed by atoms with Gasteiger partial charge in [0.25, 0.3) is 0 Å². The van der Waals surface area contributed by atoms with Crippen LogP contribution in [-0.4, -0.2) is 27.4 Å². The van der Waals surface area contributed by atoms with E-state index >= 15 is 0 Å². The summed E-state index contributed by atoms with van der Waals surface area (Å²) in [5.74, 6) is 0. The Labute approximate surface area is 83.0 Å². The van der Waals surface area contributed by atoms with E-state index in [1.54, 1.807) is 0 Å². The van der Waals surface area contributed by atoms with E-state index in [9.17, 15) is 0 Å². The highest BCUT2D eigenvalue weighted by molar-refractivity contribution is 7.45. The Morgan fingerprint density at radius 1 is 1.36 bits per heavy atom. The fourth-order valence-electron chi connectivity index (χ4n) is 0.918. The lowest BCUT2D eigenvalue weighted by Crippen LogP contribution is -2.30. The topological polar surface area (TPSA) is 96.2 Å². The fraction of sp³-hybridized carbons (Fsp3) is 1.00. The Kier molecular flexibility index (Phi) is 7.35. The summed E-state index contributed by atoms with van der Waals surface area (Å²) >= 11 is 0. The first kappa shape index (κ1) is 14.0. The summed E-state index contributed by atoms with van der Waals surface area (Å²) in [5, 5.41) is 0. The maximum Gasteiger partial charge on any atom is 0.466 e. The van der Waals surface area contributed by atoms with Crippen LogP contribution in [0.3, 0.4) is 0 Å². The first-order valence-electron chi connectivity index (χ1n) is 4.50. The lowest BCUT2D eigenvalue weighted by atomic mass is 10.1. The van der Waals surface area contributed by atoms with Crippen LogP contribution in [0.1, 0.15) is 32.6 Å². The number of hydrogen-bond acceptors (Lipinski definition) is 3. The van der Waals surface area contributed by atoms with Crippen molar-refractivity contribution in [2.24, 2.45) is 0 Å². The molecule has 0 aromatic carbocycles. The third-order valence-electron chi connectivity index (χ3n) is 1.59. The SMILES string of the molecule is CCCCCC1COO1.O=P(O)(O)O. The molecule has 1 atom stereocenters. The van der Waals surface area contributed by atoms with Gasteiger partial charge in [0.1, 0.15) is 12.7 Å². The largest absolute Gasteiger partial charge is 0.466 e. The molecular weight excluding hydrogens is 211 g/mol. The van der Waals surface area contributed by atoms with Gasteiger partial charge < -0.3 is 14.7 Å². The number of hydrogen-bond donors (Lipinski definition) is 3. The van der Waals surface area contributed by atoms with Crippen LogP contribution in [0.25, 0.3) is 0 Å². The molecule has 86 valence electrons. The number of phosphoric acid groups is 1. The summed E-state index contributed by atoms with van der Waals surface area (Å²) in [6.45, 7) is 3.02. The van der Waals surface area contributed by atoms with Crippen molar-refractivity contribution < 1.29 is 29.0 Å². The van der Waals surface area contributed by atoms with Gasteiger partial charge >= 0.3 is 7.82 Å². The molecule has 14 heavy (non-hydrogen) atoms. The van der Waals surface area contributed by atoms with Crippen LogP contribution in [0.4, 0.5) is 0 Å². The third kappa shape index (κ3) is 12.0. The molecule has 6 nitrogen and oxygen atoms in total. The molecule has 1 fully saturated rings. The van der Waals surface area contributed by atoms with Crippen molar-refractivity contribution in [2.45, 2.75) is 38.7 Å². The molecule has 0 aromatic heterocycles. The quantitative estimate of drug-likeness (QED) is 0.377. The first-order chi connectivity index (χ1) is 6.43. The van der Waals surface area contributed by atoms with Gasteiger partial charge in [-0.1, -0.05) is 26.2 Å². The summed E-state index contributed by atoms with van der Waals surface area (Å²) < 4.78 is 8.88. The lowest BCUT2D eigenvalue weighted by Gasteiger charge is -2.23. The van der Waals surface area contributed by atoms with E-state index in [0.717, 1.165) is 6.61 Å². The predicted octanol–water partition coefficient (Wildman–Crippen LogP) is 0.968. The van der Waals surface area contributed by atoms with Crippen molar-refractivity contribution in [3.05, 3.63) is 0 Å². The van der Waals surface area contributed by atoms with Gasteiger partial charge in [-0.15, -0.1) is 0 Å². The molecule has 1 aliphatic rings. The van der Waals surface area contributed by atoms with Gasteiger partial charge in [-0.3, -0.25) is 0 Å². The third-order valence-corrected chi connectivity index (χ3v) is 1.59. The summed E-state index contributed by atoms with van der Waals surface area (Å²) in [4.78, 5) is 30.9. The second-order valence-electron chi connectivity index (χ2n) is 3.01. The van der Waals surface area contributed by atoms with E-state index < -0.39 is 7.82 Å². The monoisotopic (exact) mass is 228 g/mol. The lowest BCUT2D eigenvalue weighted by molar-refractivity contribution is -0.425. The van der Waals surface area contributed by atoms with Gasteiger partial charge in [-0.2, -0.15) is 0 Å². The summed E-state index contributed by atoms with van der Waals surface area (Å²) in [5.41, 5.74) is 0. The zero-order chi connectivity index (χ0) is 11.0. The van der Waals surface area contributed by atoms with Gasteiger partial charge in [-0.05, 0) is 6.42 Å². The first-order valence-corrected chi connectivity index (χ1v) is 6.06. The maximum absolute atomic E-state index is 8.88. The Balaban J connectivity index is 0.000000292. The smallest absolute Gasteiger partial charge is 0.303 e. The van der Waals surface area contributed by atoms with Crippen molar-refractivity contribution in [1.82, 2.24) is 0 Å². The summed E-state index contributed by atoms with van der Waals surface area (Å²) in [6, 6.07) is 0. The second kappa shape index (κ2) is 7.34. The predicted molar refractivity (Wildman–Crippen MR) is 49.2 cm³/mol. The molecule has 0 amide bonds. The van der Waals surface area contributed by atoms with E-state index in [2.05, 4.69) is 11.8 Å². The molecule has 0 bridgehead atoms. The second-order valence-corrected chi connectivity index (χ2v) is 4.04. The molecule has 1 heterocycles. The van der Waals surface area contributed by atoms with Gasteiger partial charge in [0.05, 0.1) is 0 Å². The molecule has 1 rings (SSSR count). The molecule has 3 N–H and O–H groups in total. The van der Waals surface area contributed by atoms with Gasteiger partial charge in [-0.25, -0.2) is 14.3 Å². The molecule has 0 aliphatic carbocycles. The molecule has 0 radical (unpaired) electrons. The van der Waals surface area contributed by atoms with Crippen LogP contribution in [0.2, 0.25) is 0 Å². The fourth-order valence-corrected chi connectivity index (χ4v) is 0.918. The van der Waals surface area contributed by atoms with Gasteiger partial charge in [0, 0.05) is 0 Å². The van der Waals surface area contributed by atoms with Crippen LogP contribution in [0, 0.1) is 0 Å². The van der Waals surface area contributed by atoms with Crippen LogP contribution in [0.15, 0.2) is 0 Å². The van der Waals surface area contributed by atoms with Gasteiger partial charge in [0.15, 0.2) is 0 Å². The standard InChI is InChI=1S/C7H14O2.H3O4P/c1-2-3-4-5-7-6-8-9-7;1-5(2,3)4/h7H,2-6H2,1H3;(H3,1,2,3,4). The van der Waals surface area contributed by atoms with Crippen molar-refractivity contribution in [3.8, 4) is 0 Å². The Morgan fingerprint density at radius 3 is 2.14 bits per heavy atom. The van der Waals surface area contributed by atoms with Crippen molar-refractivity contribution >= 4 is 7.82 Å². The minimum absolute atomic E-state index is 0.413. The maximum atomic E-state index is 8.88. The van der Waals surface area contributed by atoms with Crippen LogP contribution < -0.4 is 0 Å². The van der Waals surface area contributed by atoms with Crippen LogP contribution in [-0.2, 0) is 14.3 Å². The molecule has 1 aliphatic heterocycles. The molecular formula is C7H17O6P. The zero-order valence-corrected chi connectivity index (χ0v) is 9.02. The molecule has 0 spiro atoms. The summed E-state index contributed by atoms with van der Waals surface area (Å²) in [6.07, 6.45) is 5.47. The minimum Gasteiger partial charge on any atom is -0.303 e. The Bertz CT molecular complexity index is 167. The average Bonchev–Trinajstić information content (AvgIpc) is 1.91. The minimum atomic E-state index is -4.64. The summed E-state index contributed by atoms with van der Waals surface area (Å²) in [7, 11) is -4.64. The van der Waals surface area contributed by atoms with Crippen LogP contribution in [0.5, 0.6) is 0 Å². The molecule has 0 aromatic rings. The van der Waals surface area contributed by atoms with Crippen molar-refractivity contribution in [3.63, 3.8) is 0 Å². The van der Waals surface area contributed by atoms with E-state index in [-0.39, 0.29) is 0 Å². The van der Waals surface area contributed by atoms with Gasteiger partial charge in [0.2, 0.25) is 0 Å². The van der Waals surface area contributed by atoms with Crippen molar-refractivity contribution in [1.29, 1.82) is 0 Å². The van der Waals surface area contributed by atoms with E-state index in [0.29, 0.717) is 6.10 Å². The molecule has 1 unspecified atom stereocenters. The Morgan fingerprint density at radius 2 is 1.86 bits per heavy atom. The Hall–Kier alpha value is 0.0300. The molecule has 0 saturated carbocycles. The molecule has 1 saturated heterocycles. The van der Waals surface area contributed by atoms with E-state index in [1.165, 1.54) is 25.7 Å². The van der Waals surface area contributed by atoms with E-state index in [4.69, 9.17) is 24.1 Å². The highest BCUT2D eigenvalue weighted by atomic mass is 31.2. The normalized spacial score (nSPS) is 20.7. The number of rotatable bonds is 4. The zero-order valence-electron chi connectivity index (χ0n) is 8.13. The van der Waals surface area contributed by atoms with E-state index in [1.807, 2.05) is 0 Å². The van der Waals surface area contributed by atoms with Crippen LogP contribution >= 0.6 is 7.82 Å².